The Morgan fingerprint density at radius 3 is 2.15 bits per heavy atom. The van der Waals surface area contributed by atoms with Crippen LogP contribution in [0.3, 0.4) is 0 Å². The third-order valence-corrected chi connectivity index (χ3v) is 7.47. The van der Waals surface area contributed by atoms with Crippen molar-refractivity contribution in [1.29, 1.82) is 0 Å². The summed E-state index contributed by atoms with van der Waals surface area (Å²) in [5.74, 6) is 0.409. The molecule has 162 valence electrons. The van der Waals surface area contributed by atoms with Crippen molar-refractivity contribution in [3.05, 3.63) is 0 Å². The number of halogens is 4. The number of nitrogens with one attached hydrogen (secondary N) is 2. The van der Waals surface area contributed by atoms with Crippen LogP contribution in [0.4, 0.5) is 13.2 Å². The Labute approximate surface area is 175 Å². The molecule has 0 aromatic rings. The Morgan fingerprint density at radius 2 is 1.70 bits per heavy atom. The summed E-state index contributed by atoms with van der Waals surface area (Å²) in [5, 5.41) is 5.84. The molecule has 0 amide bonds. The van der Waals surface area contributed by atoms with Crippen LogP contribution in [0, 0.1) is 5.92 Å². The zero-order chi connectivity index (χ0) is 20.0. The SMILES string of the molecule is CCS(=O)(=O)CCNC(=NC)NCC1CCN(S(=O)(=O)C(F)(F)F)CC1.I. The van der Waals surface area contributed by atoms with E-state index in [4.69, 9.17) is 0 Å². The third kappa shape index (κ3) is 8.27. The highest BCUT2D eigenvalue weighted by molar-refractivity contribution is 14.0. The van der Waals surface area contributed by atoms with Crippen LogP contribution in [-0.2, 0) is 19.9 Å². The lowest BCUT2D eigenvalue weighted by Gasteiger charge is -2.31. The average Bonchev–Trinajstić information content (AvgIpc) is 2.57. The molecule has 0 aliphatic carbocycles. The summed E-state index contributed by atoms with van der Waals surface area (Å²) in [6, 6.07) is 0. The Hall–Kier alpha value is -0.350. The number of sulfonamides is 1. The van der Waals surface area contributed by atoms with Crippen LogP contribution in [0.1, 0.15) is 19.8 Å². The minimum atomic E-state index is -5.27. The van der Waals surface area contributed by atoms with Gasteiger partial charge in [-0.2, -0.15) is 17.5 Å². The van der Waals surface area contributed by atoms with Gasteiger partial charge in [-0.05, 0) is 18.8 Å². The largest absolute Gasteiger partial charge is 0.511 e. The summed E-state index contributed by atoms with van der Waals surface area (Å²) in [6.45, 7) is 1.79. The average molecular weight is 550 g/mol. The molecule has 0 radical (unpaired) electrons. The van der Waals surface area contributed by atoms with E-state index >= 15 is 0 Å². The van der Waals surface area contributed by atoms with Crippen LogP contribution < -0.4 is 10.6 Å². The first kappa shape index (κ1) is 26.6. The molecular weight excluding hydrogens is 524 g/mol. The van der Waals surface area contributed by atoms with E-state index < -0.39 is 25.4 Å². The molecule has 0 bridgehead atoms. The van der Waals surface area contributed by atoms with E-state index in [1.165, 1.54) is 7.05 Å². The quantitative estimate of drug-likeness (QED) is 0.276. The van der Waals surface area contributed by atoms with Crippen molar-refractivity contribution in [2.24, 2.45) is 10.9 Å². The van der Waals surface area contributed by atoms with Crippen molar-refractivity contribution in [2.45, 2.75) is 25.3 Å². The van der Waals surface area contributed by atoms with E-state index in [0.717, 1.165) is 0 Å². The molecule has 0 saturated carbocycles. The molecule has 1 aliphatic heterocycles. The zero-order valence-corrected chi connectivity index (χ0v) is 19.1. The molecule has 14 heteroatoms. The van der Waals surface area contributed by atoms with E-state index in [9.17, 15) is 30.0 Å². The van der Waals surface area contributed by atoms with Crippen molar-refractivity contribution in [3.8, 4) is 0 Å². The molecule has 1 fully saturated rings. The van der Waals surface area contributed by atoms with Gasteiger partial charge in [0.2, 0.25) is 0 Å². The molecule has 0 aromatic carbocycles. The number of hydrogen-bond donors (Lipinski definition) is 2. The second-order valence-electron chi connectivity index (χ2n) is 5.91. The van der Waals surface area contributed by atoms with Gasteiger partial charge in [-0.25, -0.2) is 16.8 Å². The van der Waals surface area contributed by atoms with Gasteiger partial charge in [0, 0.05) is 39.0 Å². The van der Waals surface area contributed by atoms with Gasteiger partial charge in [0.25, 0.3) is 0 Å². The number of piperidine rings is 1. The summed E-state index contributed by atoms with van der Waals surface area (Å²) in [7, 11) is -6.84. The van der Waals surface area contributed by atoms with Gasteiger partial charge in [0.05, 0.1) is 5.75 Å². The maximum absolute atomic E-state index is 12.5. The second kappa shape index (κ2) is 11.0. The van der Waals surface area contributed by atoms with E-state index in [1.54, 1.807) is 6.92 Å². The second-order valence-corrected chi connectivity index (χ2v) is 10.3. The maximum Gasteiger partial charge on any atom is 0.511 e. The smallest absolute Gasteiger partial charge is 0.356 e. The summed E-state index contributed by atoms with van der Waals surface area (Å²) in [4.78, 5) is 3.95. The monoisotopic (exact) mass is 550 g/mol. The molecule has 1 saturated heterocycles. The highest BCUT2D eigenvalue weighted by atomic mass is 127. The fraction of sp³-hybridized carbons (Fsp3) is 0.923. The summed E-state index contributed by atoms with van der Waals surface area (Å²) in [5.41, 5.74) is -5.27. The molecule has 8 nitrogen and oxygen atoms in total. The van der Waals surface area contributed by atoms with Gasteiger partial charge in [0.1, 0.15) is 0 Å². The lowest BCUT2D eigenvalue weighted by Crippen LogP contribution is -2.47. The fourth-order valence-corrected chi connectivity index (χ4v) is 4.12. The van der Waals surface area contributed by atoms with Gasteiger partial charge in [-0.3, -0.25) is 4.99 Å². The van der Waals surface area contributed by atoms with E-state index in [-0.39, 0.29) is 61.0 Å². The van der Waals surface area contributed by atoms with Crippen molar-refractivity contribution in [2.75, 3.05) is 44.7 Å². The fourth-order valence-electron chi connectivity index (χ4n) is 2.43. The number of rotatable bonds is 7. The van der Waals surface area contributed by atoms with Crippen LogP contribution in [0.15, 0.2) is 4.99 Å². The normalized spacial score (nSPS) is 18.0. The number of nitrogens with zero attached hydrogens (tertiary/aromatic N) is 2. The number of sulfone groups is 1. The first-order valence-electron chi connectivity index (χ1n) is 8.14. The highest BCUT2D eigenvalue weighted by Crippen LogP contribution is 2.30. The van der Waals surface area contributed by atoms with Crippen molar-refractivity contribution >= 4 is 49.8 Å². The number of aliphatic imine (C=N–C) groups is 1. The Kier molecular flexibility index (Phi) is 10.9. The maximum atomic E-state index is 12.5. The van der Waals surface area contributed by atoms with Crippen LogP contribution in [0.2, 0.25) is 0 Å². The molecule has 1 heterocycles. The van der Waals surface area contributed by atoms with Crippen LogP contribution in [0.5, 0.6) is 0 Å². The van der Waals surface area contributed by atoms with Crippen LogP contribution >= 0.6 is 24.0 Å². The molecule has 0 atom stereocenters. The number of guanidine groups is 1. The lowest BCUT2D eigenvalue weighted by atomic mass is 9.98. The molecular formula is C13H26F3IN4O4S2. The van der Waals surface area contributed by atoms with Crippen LogP contribution in [0.25, 0.3) is 0 Å². The van der Waals surface area contributed by atoms with Crippen molar-refractivity contribution in [1.82, 2.24) is 14.9 Å². The molecule has 27 heavy (non-hydrogen) atoms. The summed E-state index contributed by atoms with van der Waals surface area (Å²) in [6.07, 6.45) is 0.590. The number of alkyl halides is 3. The van der Waals surface area contributed by atoms with Gasteiger partial charge in [0.15, 0.2) is 15.8 Å². The molecule has 2 N–H and O–H groups in total. The predicted octanol–water partition coefficient (Wildman–Crippen LogP) is 0.766. The van der Waals surface area contributed by atoms with Gasteiger partial charge in [-0.15, -0.1) is 24.0 Å². The Bertz CT molecular complexity index is 691. The third-order valence-electron chi connectivity index (χ3n) is 4.13. The predicted molar refractivity (Wildman–Crippen MR) is 108 cm³/mol. The number of hydrogen-bond acceptors (Lipinski definition) is 5. The summed E-state index contributed by atoms with van der Waals surface area (Å²) >= 11 is 0. The zero-order valence-electron chi connectivity index (χ0n) is 15.1. The first-order chi connectivity index (χ1) is 11.9. The van der Waals surface area contributed by atoms with Crippen molar-refractivity contribution in [3.63, 3.8) is 0 Å². The van der Waals surface area contributed by atoms with E-state index in [0.29, 0.717) is 29.7 Å². The van der Waals surface area contributed by atoms with Crippen molar-refractivity contribution < 1.29 is 30.0 Å². The minimum Gasteiger partial charge on any atom is -0.356 e. The first-order valence-corrected chi connectivity index (χ1v) is 11.4. The van der Waals surface area contributed by atoms with E-state index in [2.05, 4.69) is 15.6 Å². The van der Waals surface area contributed by atoms with Gasteiger partial charge in [-0.1, -0.05) is 6.92 Å². The summed E-state index contributed by atoms with van der Waals surface area (Å²) < 4.78 is 83.6. The van der Waals surface area contributed by atoms with Crippen LogP contribution in [-0.4, -0.2) is 77.3 Å². The Balaban J connectivity index is 0.00000676. The highest BCUT2D eigenvalue weighted by Gasteiger charge is 2.50. The molecule has 0 unspecified atom stereocenters. The standard InChI is InChI=1S/C13H25F3N4O4S2.HI/c1-3-25(21,22)9-6-18-12(17-2)19-10-11-4-7-20(8-5-11)26(23,24)13(14,15)16;/h11H,3-10H2,1-2H3,(H2,17,18,19);1H. The molecule has 0 spiro atoms. The lowest BCUT2D eigenvalue weighted by molar-refractivity contribution is -0.0496. The topological polar surface area (TPSA) is 108 Å². The molecule has 0 aromatic heterocycles. The van der Waals surface area contributed by atoms with Gasteiger partial charge < -0.3 is 10.6 Å². The molecule has 1 rings (SSSR count). The Morgan fingerprint density at radius 1 is 1.15 bits per heavy atom. The minimum absolute atomic E-state index is 0. The van der Waals surface area contributed by atoms with E-state index in [1.807, 2.05) is 0 Å². The van der Waals surface area contributed by atoms with Gasteiger partial charge >= 0.3 is 15.5 Å². The molecule has 1 aliphatic rings.